The van der Waals surface area contributed by atoms with Crippen LogP contribution < -0.4 is 10.0 Å². The number of benzene rings is 1. The molecule has 4 nitrogen and oxygen atoms in total. The van der Waals surface area contributed by atoms with Gasteiger partial charge in [-0.2, -0.15) is 0 Å². The second-order valence-electron chi connectivity index (χ2n) is 4.84. The van der Waals surface area contributed by atoms with E-state index >= 15 is 0 Å². The van der Waals surface area contributed by atoms with E-state index < -0.39 is 10.0 Å². The summed E-state index contributed by atoms with van der Waals surface area (Å²) in [5.74, 6) is 0.377. The Hall–Kier alpha value is -0.720. The Kier molecular flexibility index (Phi) is 4.76. The Labute approximate surface area is 119 Å². The lowest BCUT2D eigenvalue weighted by Crippen LogP contribution is -2.29. The highest BCUT2D eigenvalue weighted by Crippen LogP contribution is 2.36. The number of anilines is 1. The number of sulfonamides is 1. The molecule has 106 valence electrons. The highest BCUT2D eigenvalue weighted by Gasteiger charge is 2.22. The zero-order valence-electron chi connectivity index (χ0n) is 11.3. The molecule has 0 saturated carbocycles. The third-order valence-electron chi connectivity index (χ3n) is 3.29. The summed E-state index contributed by atoms with van der Waals surface area (Å²) in [6.45, 7) is 1.96. The Balaban J connectivity index is 2.41. The van der Waals surface area contributed by atoms with Crippen LogP contribution >= 0.6 is 11.8 Å². The number of hydrogen-bond donors (Lipinski definition) is 2. The summed E-state index contributed by atoms with van der Waals surface area (Å²) in [4.78, 5) is 1.15. The third-order valence-corrected chi connectivity index (χ3v) is 4.67. The second-order valence-corrected chi connectivity index (χ2v) is 7.44. The molecule has 1 saturated heterocycles. The summed E-state index contributed by atoms with van der Waals surface area (Å²) in [7, 11) is -3.24. The van der Waals surface area contributed by atoms with Gasteiger partial charge in [-0.25, -0.2) is 8.42 Å². The Morgan fingerprint density at radius 1 is 1.42 bits per heavy atom. The number of rotatable bonds is 4. The molecule has 2 rings (SSSR count). The minimum Gasteiger partial charge on any atom is -0.316 e. The lowest BCUT2D eigenvalue weighted by atomic mass is 9.90. The SMILES string of the molecule is CSc1cccc(NS(C)(=O)=O)c1C1CCCNC1. The summed E-state index contributed by atoms with van der Waals surface area (Å²) in [6.07, 6.45) is 5.45. The van der Waals surface area contributed by atoms with Crippen LogP contribution in [0.1, 0.15) is 24.3 Å². The number of piperidine rings is 1. The van der Waals surface area contributed by atoms with Gasteiger partial charge in [0.15, 0.2) is 0 Å². The van der Waals surface area contributed by atoms with Gasteiger partial charge < -0.3 is 5.32 Å². The molecule has 0 spiro atoms. The van der Waals surface area contributed by atoms with Crippen molar-refractivity contribution in [2.24, 2.45) is 0 Å². The predicted octanol–water partition coefficient (Wildman–Crippen LogP) is 2.25. The fourth-order valence-corrected chi connectivity index (χ4v) is 3.82. The smallest absolute Gasteiger partial charge is 0.229 e. The molecule has 0 radical (unpaired) electrons. The normalized spacial score (nSPS) is 20.2. The average Bonchev–Trinajstić information content (AvgIpc) is 2.37. The van der Waals surface area contributed by atoms with E-state index in [9.17, 15) is 8.42 Å². The number of nitrogens with one attached hydrogen (secondary N) is 2. The van der Waals surface area contributed by atoms with Crippen molar-refractivity contribution < 1.29 is 8.42 Å². The zero-order valence-corrected chi connectivity index (χ0v) is 12.9. The predicted molar refractivity (Wildman–Crippen MR) is 81.5 cm³/mol. The second kappa shape index (κ2) is 6.15. The molecule has 19 heavy (non-hydrogen) atoms. The molecular formula is C13H20N2O2S2. The molecule has 0 amide bonds. The van der Waals surface area contributed by atoms with Gasteiger partial charge in [0, 0.05) is 11.4 Å². The number of hydrogen-bond acceptors (Lipinski definition) is 4. The molecule has 0 aromatic heterocycles. The Morgan fingerprint density at radius 3 is 2.79 bits per heavy atom. The van der Waals surface area contributed by atoms with Crippen LogP contribution in [0, 0.1) is 0 Å². The first-order chi connectivity index (χ1) is 9.01. The van der Waals surface area contributed by atoms with E-state index in [1.54, 1.807) is 11.8 Å². The Morgan fingerprint density at radius 2 is 2.21 bits per heavy atom. The molecule has 1 aromatic rings. The van der Waals surface area contributed by atoms with Gasteiger partial charge in [-0.15, -0.1) is 11.8 Å². The quantitative estimate of drug-likeness (QED) is 0.837. The maximum absolute atomic E-state index is 11.5. The van der Waals surface area contributed by atoms with Crippen LogP contribution in [0.15, 0.2) is 23.1 Å². The molecule has 1 fully saturated rings. The highest BCUT2D eigenvalue weighted by molar-refractivity contribution is 7.98. The standard InChI is InChI=1S/C13H20N2O2S2/c1-18-12-7-3-6-11(15-19(2,16)17)13(12)10-5-4-8-14-9-10/h3,6-7,10,14-15H,4-5,8-9H2,1-2H3. The van der Waals surface area contributed by atoms with Crippen LogP contribution in [0.4, 0.5) is 5.69 Å². The lowest BCUT2D eigenvalue weighted by molar-refractivity contribution is 0.458. The van der Waals surface area contributed by atoms with Gasteiger partial charge in [0.1, 0.15) is 0 Å². The van der Waals surface area contributed by atoms with Gasteiger partial charge in [0.2, 0.25) is 10.0 Å². The van der Waals surface area contributed by atoms with Gasteiger partial charge >= 0.3 is 0 Å². The van der Waals surface area contributed by atoms with E-state index in [1.807, 2.05) is 18.4 Å². The van der Waals surface area contributed by atoms with Gasteiger partial charge in [0.25, 0.3) is 0 Å². The fraction of sp³-hybridized carbons (Fsp3) is 0.538. The van der Waals surface area contributed by atoms with Crippen molar-refractivity contribution in [3.63, 3.8) is 0 Å². The van der Waals surface area contributed by atoms with Crippen molar-refractivity contribution in [3.8, 4) is 0 Å². The van der Waals surface area contributed by atoms with Gasteiger partial charge in [0.05, 0.1) is 11.9 Å². The van der Waals surface area contributed by atoms with Gasteiger partial charge in [-0.05, 0) is 49.3 Å². The summed E-state index contributed by atoms with van der Waals surface area (Å²) in [5.41, 5.74) is 1.86. The van der Waals surface area contributed by atoms with Crippen LogP contribution in [0.25, 0.3) is 0 Å². The topological polar surface area (TPSA) is 58.2 Å². The van der Waals surface area contributed by atoms with Crippen molar-refractivity contribution in [2.75, 3.05) is 30.3 Å². The monoisotopic (exact) mass is 300 g/mol. The highest BCUT2D eigenvalue weighted by atomic mass is 32.2. The molecule has 0 aliphatic carbocycles. The van der Waals surface area contributed by atoms with Crippen LogP contribution in [-0.4, -0.2) is 34.0 Å². The maximum Gasteiger partial charge on any atom is 0.229 e. The van der Waals surface area contributed by atoms with E-state index in [-0.39, 0.29) is 0 Å². The van der Waals surface area contributed by atoms with Crippen molar-refractivity contribution in [2.45, 2.75) is 23.7 Å². The van der Waals surface area contributed by atoms with E-state index in [2.05, 4.69) is 16.1 Å². The number of thioether (sulfide) groups is 1. The molecule has 2 N–H and O–H groups in total. The van der Waals surface area contributed by atoms with Crippen molar-refractivity contribution in [3.05, 3.63) is 23.8 Å². The molecule has 6 heteroatoms. The summed E-state index contributed by atoms with van der Waals surface area (Å²) in [5, 5.41) is 3.39. The maximum atomic E-state index is 11.5. The first kappa shape index (κ1) is 14.7. The van der Waals surface area contributed by atoms with Crippen LogP contribution in [0.2, 0.25) is 0 Å². The zero-order chi connectivity index (χ0) is 13.9. The van der Waals surface area contributed by atoms with Crippen molar-refractivity contribution in [1.29, 1.82) is 0 Å². The first-order valence-electron chi connectivity index (χ1n) is 6.36. The van der Waals surface area contributed by atoms with Crippen LogP contribution in [-0.2, 0) is 10.0 Å². The molecule has 1 aromatic carbocycles. The van der Waals surface area contributed by atoms with E-state index in [0.29, 0.717) is 5.92 Å². The van der Waals surface area contributed by atoms with E-state index in [1.165, 1.54) is 6.26 Å². The molecule has 1 aliphatic rings. The minimum absolute atomic E-state index is 0.377. The fourth-order valence-electron chi connectivity index (χ4n) is 2.53. The van der Waals surface area contributed by atoms with Crippen molar-refractivity contribution in [1.82, 2.24) is 5.32 Å². The minimum atomic E-state index is -3.24. The molecule has 0 bridgehead atoms. The molecule has 1 unspecified atom stereocenters. The largest absolute Gasteiger partial charge is 0.316 e. The Bertz CT molecular complexity index is 538. The van der Waals surface area contributed by atoms with Crippen molar-refractivity contribution >= 4 is 27.5 Å². The third kappa shape index (κ3) is 3.87. The van der Waals surface area contributed by atoms with Crippen LogP contribution in [0.5, 0.6) is 0 Å². The van der Waals surface area contributed by atoms with E-state index in [4.69, 9.17) is 0 Å². The summed E-state index contributed by atoms with van der Waals surface area (Å²) in [6, 6.07) is 5.81. The van der Waals surface area contributed by atoms with E-state index in [0.717, 1.165) is 42.1 Å². The first-order valence-corrected chi connectivity index (χ1v) is 9.48. The summed E-state index contributed by atoms with van der Waals surface area (Å²) >= 11 is 1.67. The average molecular weight is 300 g/mol. The molecular weight excluding hydrogens is 280 g/mol. The molecule has 1 aliphatic heterocycles. The molecule has 1 heterocycles. The van der Waals surface area contributed by atoms with Crippen LogP contribution in [0.3, 0.4) is 0 Å². The van der Waals surface area contributed by atoms with Gasteiger partial charge in [-0.3, -0.25) is 4.72 Å². The molecule has 1 atom stereocenters. The summed E-state index contributed by atoms with van der Waals surface area (Å²) < 4.78 is 25.7. The lowest BCUT2D eigenvalue weighted by Gasteiger charge is -2.27. The van der Waals surface area contributed by atoms with Gasteiger partial charge in [-0.1, -0.05) is 6.07 Å².